The summed E-state index contributed by atoms with van der Waals surface area (Å²) in [6, 6.07) is 7.73. The van der Waals surface area contributed by atoms with Gasteiger partial charge in [0.1, 0.15) is 17.2 Å². The summed E-state index contributed by atoms with van der Waals surface area (Å²) in [4.78, 5) is 17.0. The van der Waals surface area contributed by atoms with Crippen molar-refractivity contribution in [1.82, 2.24) is 9.38 Å². The predicted octanol–water partition coefficient (Wildman–Crippen LogP) is 4.11. The normalized spacial score (nSPS) is 10.9. The highest BCUT2D eigenvalue weighted by Gasteiger charge is 2.18. The van der Waals surface area contributed by atoms with Gasteiger partial charge in [-0.25, -0.2) is 9.37 Å². The summed E-state index contributed by atoms with van der Waals surface area (Å²) >= 11 is 3.42. The zero-order valence-electron chi connectivity index (χ0n) is 12.0. The van der Waals surface area contributed by atoms with Crippen molar-refractivity contribution in [2.24, 2.45) is 0 Å². The summed E-state index contributed by atoms with van der Waals surface area (Å²) < 4.78 is 15.8. The Morgan fingerprint density at radius 3 is 2.82 bits per heavy atom. The SMILES string of the molecule is Cc1nc2c(C)cc(Br)cn2c1C(=O)Nc1cccc(F)c1. The average molecular weight is 362 g/mol. The summed E-state index contributed by atoms with van der Waals surface area (Å²) in [7, 11) is 0. The number of pyridine rings is 1. The van der Waals surface area contributed by atoms with Gasteiger partial charge in [-0.05, 0) is 59.6 Å². The molecule has 112 valence electrons. The minimum absolute atomic E-state index is 0.326. The Hall–Kier alpha value is -2.21. The number of rotatable bonds is 2. The predicted molar refractivity (Wildman–Crippen MR) is 86.7 cm³/mol. The second kappa shape index (κ2) is 5.53. The standard InChI is InChI=1S/C16H13BrFN3O/c1-9-6-11(17)8-21-14(10(2)19-15(9)21)16(22)20-13-5-3-4-12(18)7-13/h3-8H,1-2H3,(H,20,22). The number of imidazole rings is 1. The van der Waals surface area contributed by atoms with Crippen LogP contribution in [-0.4, -0.2) is 15.3 Å². The number of hydrogen-bond acceptors (Lipinski definition) is 2. The average Bonchev–Trinajstić information content (AvgIpc) is 2.75. The Labute approximate surface area is 135 Å². The van der Waals surface area contributed by atoms with Gasteiger partial charge in [-0.1, -0.05) is 6.07 Å². The number of nitrogens with zero attached hydrogens (tertiary/aromatic N) is 2. The van der Waals surface area contributed by atoms with Crippen molar-refractivity contribution in [3.63, 3.8) is 0 Å². The maximum absolute atomic E-state index is 13.2. The molecule has 0 radical (unpaired) electrons. The van der Waals surface area contributed by atoms with Crippen LogP contribution in [0.3, 0.4) is 0 Å². The number of carbonyl (C=O) groups excluding carboxylic acids is 1. The van der Waals surface area contributed by atoms with E-state index in [1.807, 2.05) is 13.0 Å². The summed E-state index contributed by atoms with van der Waals surface area (Å²) in [5.74, 6) is -0.723. The lowest BCUT2D eigenvalue weighted by molar-refractivity contribution is 0.102. The number of anilines is 1. The number of amides is 1. The van der Waals surface area contributed by atoms with Crippen molar-refractivity contribution in [2.75, 3.05) is 5.32 Å². The number of halogens is 2. The number of aromatic nitrogens is 2. The molecule has 0 atom stereocenters. The van der Waals surface area contributed by atoms with Gasteiger partial charge >= 0.3 is 0 Å². The van der Waals surface area contributed by atoms with Crippen LogP contribution in [0.2, 0.25) is 0 Å². The maximum atomic E-state index is 13.2. The molecule has 0 saturated carbocycles. The number of benzene rings is 1. The van der Waals surface area contributed by atoms with Gasteiger partial charge in [-0.3, -0.25) is 9.20 Å². The van der Waals surface area contributed by atoms with E-state index in [-0.39, 0.29) is 5.91 Å². The Kier molecular flexibility index (Phi) is 3.70. The van der Waals surface area contributed by atoms with Crippen molar-refractivity contribution in [3.8, 4) is 0 Å². The van der Waals surface area contributed by atoms with Crippen LogP contribution in [-0.2, 0) is 0 Å². The van der Waals surface area contributed by atoms with Crippen LogP contribution in [0, 0.1) is 19.7 Å². The van der Waals surface area contributed by atoms with Crippen LogP contribution in [0.15, 0.2) is 41.0 Å². The van der Waals surface area contributed by atoms with E-state index < -0.39 is 5.82 Å². The van der Waals surface area contributed by atoms with Gasteiger partial charge in [-0.2, -0.15) is 0 Å². The van der Waals surface area contributed by atoms with Crippen LogP contribution >= 0.6 is 15.9 Å². The first kappa shape index (κ1) is 14.7. The maximum Gasteiger partial charge on any atom is 0.274 e. The summed E-state index contributed by atoms with van der Waals surface area (Å²) in [6.07, 6.45) is 1.79. The van der Waals surface area contributed by atoms with Gasteiger partial charge in [-0.15, -0.1) is 0 Å². The summed E-state index contributed by atoms with van der Waals surface area (Å²) in [6.45, 7) is 3.71. The number of aryl methyl sites for hydroxylation is 2. The third-order valence-electron chi connectivity index (χ3n) is 3.34. The van der Waals surface area contributed by atoms with E-state index in [1.54, 1.807) is 29.7 Å². The van der Waals surface area contributed by atoms with Crippen LogP contribution in [0.5, 0.6) is 0 Å². The molecule has 6 heteroatoms. The third-order valence-corrected chi connectivity index (χ3v) is 3.78. The molecule has 3 rings (SSSR count). The smallest absolute Gasteiger partial charge is 0.274 e. The Morgan fingerprint density at radius 1 is 1.32 bits per heavy atom. The van der Waals surface area contributed by atoms with Crippen molar-refractivity contribution in [1.29, 1.82) is 0 Å². The highest BCUT2D eigenvalue weighted by molar-refractivity contribution is 9.10. The van der Waals surface area contributed by atoms with Crippen molar-refractivity contribution in [2.45, 2.75) is 13.8 Å². The Balaban J connectivity index is 2.06. The minimum Gasteiger partial charge on any atom is -0.321 e. The van der Waals surface area contributed by atoms with E-state index >= 15 is 0 Å². The lowest BCUT2D eigenvalue weighted by atomic mass is 10.2. The second-order valence-electron chi connectivity index (χ2n) is 5.05. The molecule has 1 N–H and O–H groups in total. The van der Waals surface area contributed by atoms with Gasteiger partial charge in [0.2, 0.25) is 0 Å². The highest BCUT2D eigenvalue weighted by Crippen LogP contribution is 2.21. The molecule has 0 spiro atoms. The molecule has 0 bridgehead atoms. The molecule has 0 saturated heterocycles. The Bertz CT molecular complexity index is 888. The molecule has 0 fully saturated rings. The van der Waals surface area contributed by atoms with Crippen molar-refractivity contribution >= 4 is 33.2 Å². The lowest BCUT2D eigenvalue weighted by Crippen LogP contribution is -2.15. The Morgan fingerprint density at radius 2 is 2.09 bits per heavy atom. The first-order chi connectivity index (χ1) is 10.5. The quantitative estimate of drug-likeness (QED) is 0.746. The fourth-order valence-corrected chi connectivity index (χ4v) is 2.96. The number of carbonyl (C=O) groups is 1. The molecular formula is C16H13BrFN3O. The van der Waals surface area contributed by atoms with E-state index in [0.29, 0.717) is 17.1 Å². The van der Waals surface area contributed by atoms with Crippen LogP contribution in [0.4, 0.5) is 10.1 Å². The molecule has 0 aliphatic rings. The largest absolute Gasteiger partial charge is 0.321 e. The fraction of sp³-hybridized carbons (Fsp3) is 0.125. The van der Waals surface area contributed by atoms with E-state index in [9.17, 15) is 9.18 Å². The summed E-state index contributed by atoms with van der Waals surface area (Å²) in [5.41, 5.74) is 3.15. The van der Waals surface area contributed by atoms with Crippen LogP contribution in [0.25, 0.3) is 5.65 Å². The molecule has 1 aromatic carbocycles. The van der Waals surface area contributed by atoms with Crippen molar-refractivity contribution in [3.05, 3.63) is 63.8 Å². The monoisotopic (exact) mass is 361 g/mol. The van der Waals surface area contributed by atoms with E-state index in [2.05, 4.69) is 26.2 Å². The molecule has 0 aliphatic heterocycles. The molecule has 2 heterocycles. The first-order valence-electron chi connectivity index (χ1n) is 6.67. The van der Waals surface area contributed by atoms with Gasteiger partial charge in [0.15, 0.2) is 0 Å². The molecular weight excluding hydrogens is 349 g/mol. The number of fused-ring (bicyclic) bond motifs is 1. The van der Waals surface area contributed by atoms with Crippen LogP contribution in [0.1, 0.15) is 21.7 Å². The van der Waals surface area contributed by atoms with Gasteiger partial charge < -0.3 is 5.32 Å². The number of hydrogen-bond donors (Lipinski definition) is 1. The molecule has 22 heavy (non-hydrogen) atoms. The zero-order chi connectivity index (χ0) is 15.9. The second-order valence-corrected chi connectivity index (χ2v) is 5.96. The van der Waals surface area contributed by atoms with Gasteiger partial charge in [0, 0.05) is 16.4 Å². The van der Waals surface area contributed by atoms with E-state index in [0.717, 1.165) is 15.7 Å². The molecule has 0 aliphatic carbocycles. The molecule has 2 aromatic heterocycles. The fourth-order valence-electron chi connectivity index (χ4n) is 2.41. The topological polar surface area (TPSA) is 46.4 Å². The van der Waals surface area contributed by atoms with E-state index in [1.165, 1.54) is 12.1 Å². The highest BCUT2D eigenvalue weighted by atomic mass is 79.9. The molecule has 4 nitrogen and oxygen atoms in total. The molecule has 0 unspecified atom stereocenters. The minimum atomic E-state index is -0.397. The van der Waals surface area contributed by atoms with Gasteiger partial charge in [0.05, 0.1) is 5.69 Å². The summed E-state index contributed by atoms with van der Waals surface area (Å²) in [5, 5.41) is 2.70. The van der Waals surface area contributed by atoms with Crippen molar-refractivity contribution < 1.29 is 9.18 Å². The van der Waals surface area contributed by atoms with Gasteiger partial charge in [0.25, 0.3) is 5.91 Å². The van der Waals surface area contributed by atoms with E-state index in [4.69, 9.17) is 0 Å². The molecule has 1 amide bonds. The van der Waals surface area contributed by atoms with Crippen LogP contribution < -0.4 is 5.32 Å². The molecule has 3 aromatic rings. The first-order valence-corrected chi connectivity index (χ1v) is 7.47. The third kappa shape index (κ3) is 2.62. The zero-order valence-corrected chi connectivity index (χ0v) is 13.6. The number of nitrogens with one attached hydrogen (secondary N) is 1. The lowest BCUT2D eigenvalue weighted by Gasteiger charge is -2.07.